The second-order valence-electron chi connectivity index (χ2n) is 3.40. The summed E-state index contributed by atoms with van der Waals surface area (Å²) in [6.07, 6.45) is 0.171. The van der Waals surface area contributed by atoms with Crippen molar-refractivity contribution in [3.05, 3.63) is 35.4 Å². The fraction of sp³-hybridized carbons (Fsp3) is 0.273. The van der Waals surface area contributed by atoms with Crippen molar-refractivity contribution in [3.8, 4) is 0 Å². The first-order chi connectivity index (χ1) is 7.95. The van der Waals surface area contributed by atoms with Crippen LogP contribution in [-0.2, 0) is 4.79 Å². The van der Waals surface area contributed by atoms with Gasteiger partial charge in [0, 0.05) is 6.07 Å². The molecule has 17 heavy (non-hydrogen) atoms. The van der Waals surface area contributed by atoms with E-state index in [1.54, 1.807) is 6.92 Å². The Morgan fingerprint density at radius 3 is 2.53 bits per heavy atom. The number of carbonyl (C=O) groups excluding carboxylic acids is 1. The molecule has 0 unspecified atom stereocenters. The summed E-state index contributed by atoms with van der Waals surface area (Å²) >= 11 is 0. The van der Waals surface area contributed by atoms with E-state index in [0.717, 1.165) is 12.1 Å². The zero-order valence-corrected chi connectivity index (χ0v) is 9.04. The molecule has 0 aliphatic heterocycles. The predicted molar refractivity (Wildman–Crippen MR) is 55.5 cm³/mol. The Bertz CT molecular complexity index is 448. The number of carboxylic acids is 1. The highest BCUT2D eigenvalue weighted by molar-refractivity contribution is 5.96. The van der Waals surface area contributed by atoms with Gasteiger partial charge in [-0.15, -0.1) is 0 Å². The summed E-state index contributed by atoms with van der Waals surface area (Å²) in [6, 6.07) is 1.37. The van der Waals surface area contributed by atoms with Gasteiger partial charge in [0.2, 0.25) is 0 Å². The summed E-state index contributed by atoms with van der Waals surface area (Å²) < 4.78 is 25.8. The van der Waals surface area contributed by atoms with Crippen LogP contribution in [0.1, 0.15) is 23.7 Å². The van der Waals surface area contributed by atoms with Crippen LogP contribution in [-0.4, -0.2) is 23.0 Å². The van der Waals surface area contributed by atoms with Crippen LogP contribution < -0.4 is 5.32 Å². The molecule has 1 rings (SSSR count). The summed E-state index contributed by atoms with van der Waals surface area (Å²) in [5.74, 6) is -3.91. The Kier molecular flexibility index (Phi) is 4.14. The number of aliphatic carboxylic acids is 1. The lowest BCUT2D eigenvalue weighted by Crippen LogP contribution is -2.40. The maximum absolute atomic E-state index is 13.2. The Morgan fingerprint density at radius 2 is 2.06 bits per heavy atom. The van der Waals surface area contributed by atoms with E-state index in [1.807, 2.05) is 0 Å². The highest BCUT2D eigenvalue weighted by atomic mass is 19.1. The molecule has 0 bridgehead atoms. The molecule has 0 radical (unpaired) electrons. The normalized spacial score (nSPS) is 11.9. The van der Waals surface area contributed by atoms with Crippen molar-refractivity contribution < 1.29 is 23.5 Å². The summed E-state index contributed by atoms with van der Waals surface area (Å²) in [5.41, 5.74) is -0.383. The average Bonchev–Trinajstić information content (AvgIpc) is 2.24. The number of nitrogens with one attached hydrogen (secondary N) is 1. The van der Waals surface area contributed by atoms with E-state index < -0.39 is 29.6 Å². The maximum atomic E-state index is 13.2. The molecule has 92 valence electrons. The van der Waals surface area contributed by atoms with Crippen molar-refractivity contribution in [2.24, 2.45) is 0 Å². The molecule has 1 atom stereocenters. The van der Waals surface area contributed by atoms with E-state index in [9.17, 15) is 18.4 Å². The van der Waals surface area contributed by atoms with Crippen LogP contribution in [0.4, 0.5) is 8.78 Å². The molecule has 0 aliphatic carbocycles. The number of carboxylic acid groups (broad SMARTS) is 1. The lowest BCUT2D eigenvalue weighted by atomic mass is 10.1. The van der Waals surface area contributed by atoms with E-state index in [2.05, 4.69) is 5.32 Å². The summed E-state index contributed by atoms with van der Waals surface area (Å²) in [4.78, 5) is 22.2. The molecule has 4 nitrogen and oxygen atoms in total. The zero-order valence-electron chi connectivity index (χ0n) is 9.04. The first kappa shape index (κ1) is 13.1. The highest BCUT2D eigenvalue weighted by Crippen LogP contribution is 2.09. The number of hydrogen-bond acceptors (Lipinski definition) is 2. The van der Waals surface area contributed by atoms with Crippen molar-refractivity contribution in [1.82, 2.24) is 5.32 Å². The second kappa shape index (κ2) is 5.38. The number of halogens is 2. The van der Waals surface area contributed by atoms with Crippen LogP contribution in [0.2, 0.25) is 0 Å². The van der Waals surface area contributed by atoms with E-state index >= 15 is 0 Å². The van der Waals surface area contributed by atoms with Crippen molar-refractivity contribution in [2.75, 3.05) is 0 Å². The Balaban J connectivity index is 2.86. The van der Waals surface area contributed by atoms with Gasteiger partial charge < -0.3 is 10.4 Å². The number of rotatable bonds is 4. The maximum Gasteiger partial charge on any atom is 0.326 e. The number of hydrogen-bond donors (Lipinski definition) is 2. The summed E-state index contributed by atoms with van der Waals surface area (Å²) in [6.45, 7) is 1.57. The molecule has 1 aromatic carbocycles. The third-order valence-corrected chi connectivity index (χ3v) is 2.19. The van der Waals surface area contributed by atoms with Gasteiger partial charge in [0.05, 0.1) is 5.56 Å². The minimum absolute atomic E-state index is 0.171. The number of carbonyl (C=O) groups is 2. The molecule has 0 aromatic heterocycles. The Labute approximate surface area is 96.3 Å². The molecule has 6 heteroatoms. The van der Waals surface area contributed by atoms with Crippen LogP contribution in [0.25, 0.3) is 0 Å². The van der Waals surface area contributed by atoms with Gasteiger partial charge >= 0.3 is 5.97 Å². The van der Waals surface area contributed by atoms with E-state index in [4.69, 9.17) is 5.11 Å². The molecule has 1 aromatic rings. The fourth-order valence-corrected chi connectivity index (χ4v) is 1.25. The van der Waals surface area contributed by atoms with E-state index in [1.165, 1.54) is 0 Å². The SMILES string of the molecule is CC[C@H](NC(=O)c1ccc(F)cc1F)C(=O)O. The van der Waals surface area contributed by atoms with Gasteiger partial charge in [-0.1, -0.05) is 6.92 Å². The van der Waals surface area contributed by atoms with Crippen LogP contribution in [0.15, 0.2) is 18.2 Å². The highest BCUT2D eigenvalue weighted by Gasteiger charge is 2.20. The molecule has 0 heterocycles. The van der Waals surface area contributed by atoms with Crippen LogP contribution in [0.5, 0.6) is 0 Å². The standard InChI is InChI=1S/C11H11F2NO3/c1-2-9(11(16)17)14-10(15)7-4-3-6(12)5-8(7)13/h3-5,9H,2H2,1H3,(H,14,15)(H,16,17)/t9-/m0/s1. The fourth-order valence-electron chi connectivity index (χ4n) is 1.25. The molecular formula is C11H11F2NO3. The lowest BCUT2D eigenvalue weighted by molar-refractivity contribution is -0.139. The zero-order chi connectivity index (χ0) is 13.0. The first-order valence-electron chi connectivity index (χ1n) is 4.94. The van der Waals surface area contributed by atoms with Gasteiger partial charge in [-0.2, -0.15) is 0 Å². The van der Waals surface area contributed by atoms with E-state index in [-0.39, 0.29) is 12.0 Å². The Hall–Kier alpha value is -1.98. The third kappa shape index (κ3) is 3.24. The number of amides is 1. The van der Waals surface area contributed by atoms with Crippen molar-refractivity contribution >= 4 is 11.9 Å². The van der Waals surface area contributed by atoms with Crippen molar-refractivity contribution in [2.45, 2.75) is 19.4 Å². The van der Waals surface area contributed by atoms with Gasteiger partial charge in [0.25, 0.3) is 5.91 Å². The molecule has 1 amide bonds. The van der Waals surface area contributed by atoms with E-state index in [0.29, 0.717) is 6.07 Å². The average molecular weight is 243 g/mol. The third-order valence-electron chi connectivity index (χ3n) is 2.19. The molecular weight excluding hydrogens is 232 g/mol. The first-order valence-corrected chi connectivity index (χ1v) is 4.94. The van der Waals surface area contributed by atoms with Gasteiger partial charge in [-0.3, -0.25) is 4.79 Å². The predicted octanol–water partition coefficient (Wildman–Crippen LogP) is 1.56. The smallest absolute Gasteiger partial charge is 0.326 e. The van der Waals surface area contributed by atoms with Gasteiger partial charge in [0.1, 0.15) is 17.7 Å². The quantitative estimate of drug-likeness (QED) is 0.843. The molecule has 0 saturated heterocycles. The van der Waals surface area contributed by atoms with Crippen molar-refractivity contribution in [1.29, 1.82) is 0 Å². The van der Waals surface area contributed by atoms with Gasteiger partial charge in [-0.25, -0.2) is 13.6 Å². The topological polar surface area (TPSA) is 66.4 Å². The second-order valence-corrected chi connectivity index (χ2v) is 3.40. The van der Waals surface area contributed by atoms with Crippen LogP contribution in [0, 0.1) is 11.6 Å². The summed E-state index contributed by atoms with van der Waals surface area (Å²) in [7, 11) is 0. The van der Waals surface area contributed by atoms with Crippen molar-refractivity contribution in [3.63, 3.8) is 0 Å². The van der Waals surface area contributed by atoms with Gasteiger partial charge in [0.15, 0.2) is 0 Å². The van der Waals surface area contributed by atoms with Crippen LogP contribution >= 0.6 is 0 Å². The lowest BCUT2D eigenvalue weighted by Gasteiger charge is -2.12. The minimum Gasteiger partial charge on any atom is -0.480 e. The summed E-state index contributed by atoms with van der Waals surface area (Å²) in [5, 5.41) is 10.9. The largest absolute Gasteiger partial charge is 0.480 e. The molecule has 2 N–H and O–H groups in total. The van der Waals surface area contributed by atoms with Gasteiger partial charge in [-0.05, 0) is 18.6 Å². The molecule has 0 spiro atoms. The molecule has 0 saturated carbocycles. The van der Waals surface area contributed by atoms with Crippen LogP contribution in [0.3, 0.4) is 0 Å². The monoisotopic (exact) mass is 243 g/mol. The minimum atomic E-state index is -1.21. The molecule has 0 aliphatic rings. The molecule has 0 fully saturated rings. The Morgan fingerprint density at radius 1 is 1.41 bits per heavy atom. The number of benzene rings is 1.